The van der Waals surface area contributed by atoms with E-state index in [-0.39, 0.29) is 12.5 Å². The van der Waals surface area contributed by atoms with Crippen molar-refractivity contribution in [3.8, 4) is 0 Å². The molecule has 0 radical (unpaired) electrons. The average molecular weight is 923 g/mol. The van der Waals surface area contributed by atoms with Crippen LogP contribution in [0, 0.1) is 0 Å². The number of unbranched alkanes of at least 4 members (excludes halogenated alkanes) is 38. The van der Waals surface area contributed by atoms with Gasteiger partial charge < -0.3 is 35.2 Å². The number of amides is 3. The normalized spacial score (nSPS) is 18.6. The SMILES string of the molecule is CCCCCCCCCCCCCCCCCCNC(=O)N[C@@H]1[C@@H](OC)O[C@H](CN(CCCCCCCCCCCCCCCCCC)C(=O)CCCCCCCCCCC)[C@@H](O)[C@@H]1O. The minimum atomic E-state index is -1.30. The second-order valence-corrected chi connectivity index (χ2v) is 20.2. The Hall–Kier alpha value is -1.42. The van der Waals surface area contributed by atoms with Gasteiger partial charge >= 0.3 is 6.03 Å². The van der Waals surface area contributed by atoms with Crippen molar-refractivity contribution >= 4 is 11.9 Å². The van der Waals surface area contributed by atoms with E-state index in [2.05, 4.69) is 31.4 Å². The lowest BCUT2D eigenvalue weighted by atomic mass is 9.96. The summed E-state index contributed by atoms with van der Waals surface area (Å²) >= 11 is 0. The molecule has 386 valence electrons. The molecule has 1 fully saturated rings. The molecule has 4 N–H and O–H groups in total. The molecule has 0 aromatic rings. The largest absolute Gasteiger partial charge is 0.388 e. The number of hydrogen-bond donors (Lipinski definition) is 4. The summed E-state index contributed by atoms with van der Waals surface area (Å²) < 4.78 is 11.8. The van der Waals surface area contributed by atoms with Crippen molar-refractivity contribution in [3.63, 3.8) is 0 Å². The van der Waals surface area contributed by atoms with E-state index in [4.69, 9.17) is 9.47 Å². The number of aliphatic hydroxyl groups excluding tert-OH is 2. The highest BCUT2D eigenvalue weighted by Crippen LogP contribution is 2.24. The second-order valence-electron chi connectivity index (χ2n) is 20.2. The van der Waals surface area contributed by atoms with Gasteiger partial charge in [0.25, 0.3) is 0 Å². The number of hydrogen-bond acceptors (Lipinski definition) is 6. The smallest absolute Gasteiger partial charge is 0.315 e. The highest BCUT2D eigenvalue weighted by Gasteiger charge is 2.46. The third-order valence-electron chi connectivity index (χ3n) is 14.1. The van der Waals surface area contributed by atoms with Gasteiger partial charge in [-0.1, -0.05) is 265 Å². The molecule has 0 aromatic carbocycles. The maximum atomic E-state index is 13.7. The molecule has 0 unspecified atom stereocenters. The number of rotatable bonds is 48. The molecule has 3 amide bonds. The quantitative estimate of drug-likeness (QED) is 0.0451. The molecule has 1 saturated heterocycles. The second kappa shape index (κ2) is 46.3. The van der Waals surface area contributed by atoms with Gasteiger partial charge in [-0.15, -0.1) is 0 Å². The van der Waals surface area contributed by atoms with E-state index < -0.39 is 36.7 Å². The Morgan fingerprint density at radius 3 is 1.18 bits per heavy atom. The summed E-state index contributed by atoms with van der Waals surface area (Å²) in [5, 5.41) is 28.3. The van der Waals surface area contributed by atoms with Gasteiger partial charge in [0.1, 0.15) is 24.4 Å². The van der Waals surface area contributed by atoms with Gasteiger partial charge in [-0.25, -0.2) is 4.79 Å². The van der Waals surface area contributed by atoms with Gasteiger partial charge in [0.15, 0.2) is 6.29 Å². The molecule has 0 spiro atoms. The number of carbonyl (C=O) groups is 2. The molecular formula is C56H111N3O6. The summed E-state index contributed by atoms with van der Waals surface area (Å²) in [6.45, 7) is 8.15. The zero-order valence-electron chi connectivity index (χ0n) is 43.7. The molecule has 0 saturated carbocycles. The Balaban J connectivity index is 2.44. The number of aliphatic hydroxyl groups is 2. The van der Waals surface area contributed by atoms with Crippen molar-refractivity contribution in [1.29, 1.82) is 0 Å². The third kappa shape index (κ3) is 35.4. The van der Waals surface area contributed by atoms with E-state index >= 15 is 0 Å². The van der Waals surface area contributed by atoms with Crippen molar-refractivity contribution in [3.05, 3.63) is 0 Å². The lowest BCUT2D eigenvalue weighted by Gasteiger charge is -2.43. The van der Waals surface area contributed by atoms with Gasteiger partial charge in [0.2, 0.25) is 5.91 Å². The summed E-state index contributed by atoms with van der Waals surface area (Å²) in [6, 6.07) is -1.35. The van der Waals surface area contributed by atoms with E-state index in [1.165, 1.54) is 225 Å². The fourth-order valence-corrected chi connectivity index (χ4v) is 9.65. The van der Waals surface area contributed by atoms with Crippen LogP contribution in [-0.2, 0) is 14.3 Å². The van der Waals surface area contributed by atoms with E-state index in [0.29, 0.717) is 19.5 Å². The van der Waals surface area contributed by atoms with Crippen molar-refractivity contribution in [2.45, 2.75) is 321 Å². The standard InChI is InChI=1S/C56H111N3O6/c1-5-8-11-14-17-20-22-24-26-28-30-32-35-38-41-44-47-57-56(63)58-52-54(62)53(61)50(65-55(52)64-4)49-59(51(60)46-43-40-37-34-19-16-13-10-7-3)48-45-42-39-36-33-31-29-27-25-23-21-18-15-12-9-6-2/h50,52-55,61-62H,5-49H2,1-4H3,(H2,57,58,63)/t50-,52+,53-,54-,55+/m1/s1. The Morgan fingerprint density at radius 2 is 0.815 bits per heavy atom. The average Bonchev–Trinajstić information content (AvgIpc) is 3.31. The lowest BCUT2D eigenvalue weighted by molar-refractivity contribution is -0.257. The molecule has 1 aliphatic heterocycles. The summed E-state index contributed by atoms with van der Waals surface area (Å²) in [7, 11) is 1.48. The van der Waals surface area contributed by atoms with Gasteiger partial charge in [-0.05, 0) is 19.3 Å². The van der Waals surface area contributed by atoms with Crippen LogP contribution >= 0.6 is 0 Å². The van der Waals surface area contributed by atoms with Gasteiger partial charge in [0, 0.05) is 33.2 Å². The molecule has 1 heterocycles. The maximum Gasteiger partial charge on any atom is 0.315 e. The number of nitrogens with zero attached hydrogens (tertiary/aromatic N) is 1. The Labute approximate surface area is 403 Å². The van der Waals surface area contributed by atoms with Crippen LogP contribution in [0.4, 0.5) is 4.79 Å². The Morgan fingerprint density at radius 1 is 0.477 bits per heavy atom. The zero-order chi connectivity index (χ0) is 47.3. The minimum Gasteiger partial charge on any atom is -0.388 e. The predicted octanol–water partition coefficient (Wildman–Crippen LogP) is 15.0. The van der Waals surface area contributed by atoms with Crippen LogP contribution in [0.2, 0.25) is 0 Å². The van der Waals surface area contributed by atoms with Gasteiger partial charge in [-0.3, -0.25) is 4.79 Å². The highest BCUT2D eigenvalue weighted by atomic mass is 16.7. The Kier molecular flexibility index (Phi) is 43.9. The number of ether oxygens (including phenoxy) is 2. The first-order chi connectivity index (χ1) is 31.9. The topological polar surface area (TPSA) is 120 Å². The highest BCUT2D eigenvalue weighted by molar-refractivity contribution is 5.76. The molecule has 1 aliphatic rings. The predicted molar refractivity (Wildman–Crippen MR) is 276 cm³/mol. The molecule has 65 heavy (non-hydrogen) atoms. The van der Waals surface area contributed by atoms with E-state index in [0.717, 1.165) is 44.9 Å². The first kappa shape index (κ1) is 61.6. The molecule has 0 aromatic heterocycles. The van der Waals surface area contributed by atoms with E-state index in [1.807, 2.05) is 4.90 Å². The Bertz CT molecular complexity index is 1030. The van der Waals surface area contributed by atoms with Crippen molar-refractivity contribution < 1.29 is 29.3 Å². The number of urea groups is 1. The first-order valence-corrected chi connectivity index (χ1v) is 28.8. The molecular weight excluding hydrogens is 811 g/mol. The van der Waals surface area contributed by atoms with Crippen molar-refractivity contribution in [2.24, 2.45) is 0 Å². The van der Waals surface area contributed by atoms with Crippen LogP contribution in [0.5, 0.6) is 0 Å². The minimum absolute atomic E-state index is 0.0851. The lowest BCUT2D eigenvalue weighted by Crippen LogP contribution is -2.66. The maximum absolute atomic E-state index is 13.7. The van der Waals surface area contributed by atoms with Gasteiger partial charge in [0.05, 0.1) is 0 Å². The molecule has 1 rings (SSSR count). The summed E-state index contributed by atoms with van der Waals surface area (Å²) in [5.74, 6) is 0.0851. The summed E-state index contributed by atoms with van der Waals surface area (Å²) in [5.41, 5.74) is 0. The summed E-state index contributed by atoms with van der Waals surface area (Å²) in [6.07, 6.45) is 48.5. The molecule has 5 atom stereocenters. The molecule has 9 nitrogen and oxygen atoms in total. The van der Waals surface area contributed by atoms with Crippen LogP contribution < -0.4 is 10.6 Å². The fraction of sp³-hybridized carbons (Fsp3) is 0.964. The fourth-order valence-electron chi connectivity index (χ4n) is 9.65. The monoisotopic (exact) mass is 922 g/mol. The van der Waals surface area contributed by atoms with Crippen LogP contribution in [0.1, 0.15) is 290 Å². The number of methoxy groups -OCH3 is 1. The zero-order valence-corrected chi connectivity index (χ0v) is 43.7. The van der Waals surface area contributed by atoms with Crippen LogP contribution in [0.25, 0.3) is 0 Å². The summed E-state index contributed by atoms with van der Waals surface area (Å²) in [4.78, 5) is 28.4. The molecule has 0 aliphatic carbocycles. The number of nitrogens with one attached hydrogen (secondary N) is 2. The van der Waals surface area contributed by atoms with Crippen molar-refractivity contribution in [2.75, 3.05) is 26.7 Å². The third-order valence-corrected chi connectivity index (χ3v) is 14.1. The number of carbonyl (C=O) groups excluding carboxylic acids is 2. The van der Waals surface area contributed by atoms with E-state index in [1.54, 1.807) is 0 Å². The molecule has 9 heteroatoms. The van der Waals surface area contributed by atoms with E-state index in [9.17, 15) is 19.8 Å². The van der Waals surface area contributed by atoms with Crippen molar-refractivity contribution in [1.82, 2.24) is 15.5 Å². The first-order valence-electron chi connectivity index (χ1n) is 28.8. The van der Waals surface area contributed by atoms with Crippen LogP contribution in [0.15, 0.2) is 0 Å². The molecule has 0 bridgehead atoms. The van der Waals surface area contributed by atoms with Crippen LogP contribution in [-0.4, -0.2) is 84.4 Å². The van der Waals surface area contributed by atoms with Gasteiger partial charge in [-0.2, -0.15) is 0 Å². The van der Waals surface area contributed by atoms with Crippen LogP contribution in [0.3, 0.4) is 0 Å².